The second-order valence-electron chi connectivity index (χ2n) is 7.42. The summed E-state index contributed by atoms with van der Waals surface area (Å²) in [5.74, 6) is 1.75. The number of hydrogen-bond donors (Lipinski definition) is 1. The number of aromatic nitrogens is 3. The molecule has 0 unspecified atom stereocenters. The molecule has 2 atom stereocenters. The van der Waals surface area contributed by atoms with Crippen LogP contribution in [0.15, 0.2) is 21.3 Å². The number of carbonyl (C=O) groups excluding carboxylic acids is 1. The number of amides is 1. The molecule has 1 fully saturated rings. The van der Waals surface area contributed by atoms with Gasteiger partial charge in [0.2, 0.25) is 5.91 Å². The molecule has 3 aromatic rings. The molecule has 7 nitrogen and oxygen atoms in total. The van der Waals surface area contributed by atoms with Crippen molar-refractivity contribution in [2.24, 2.45) is 5.92 Å². The molecular formula is C19H24N4O3. The molecule has 0 spiro atoms. The van der Waals surface area contributed by atoms with Gasteiger partial charge in [0.1, 0.15) is 23.6 Å². The van der Waals surface area contributed by atoms with Crippen LogP contribution in [0.3, 0.4) is 0 Å². The van der Waals surface area contributed by atoms with Crippen LogP contribution in [0.25, 0.3) is 16.6 Å². The third-order valence-electron chi connectivity index (χ3n) is 5.41. The molecule has 1 saturated carbocycles. The first kappa shape index (κ1) is 16.9. The van der Waals surface area contributed by atoms with E-state index in [2.05, 4.69) is 17.3 Å². The number of rotatable bonds is 3. The summed E-state index contributed by atoms with van der Waals surface area (Å²) >= 11 is 0. The minimum absolute atomic E-state index is 0.0645. The summed E-state index contributed by atoms with van der Waals surface area (Å²) in [6.45, 7) is 5.80. The quantitative estimate of drug-likeness (QED) is 0.782. The number of aryl methyl sites for hydroxylation is 2. The fourth-order valence-electron chi connectivity index (χ4n) is 4.04. The first-order valence-corrected chi connectivity index (χ1v) is 9.22. The van der Waals surface area contributed by atoms with Gasteiger partial charge in [-0.05, 0) is 32.6 Å². The van der Waals surface area contributed by atoms with Crippen LogP contribution in [-0.2, 0) is 11.3 Å². The Morgan fingerprint density at radius 2 is 2.04 bits per heavy atom. The van der Waals surface area contributed by atoms with Gasteiger partial charge in [0.15, 0.2) is 5.58 Å². The van der Waals surface area contributed by atoms with Crippen LogP contribution in [0.4, 0.5) is 0 Å². The van der Waals surface area contributed by atoms with Gasteiger partial charge in [-0.2, -0.15) is 5.10 Å². The lowest BCUT2D eigenvalue weighted by molar-refractivity contribution is -0.123. The Kier molecular flexibility index (Phi) is 4.09. The van der Waals surface area contributed by atoms with E-state index in [4.69, 9.17) is 4.42 Å². The molecule has 0 aromatic carbocycles. The summed E-state index contributed by atoms with van der Waals surface area (Å²) in [4.78, 5) is 25.2. The normalized spacial score (nSPS) is 20.7. The topological polar surface area (TPSA) is 81.5 Å². The van der Waals surface area contributed by atoms with Crippen LogP contribution in [0.5, 0.6) is 0 Å². The Labute approximate surface area is 151 Å². The Hall–Kier alpha value is -2.57. The summed E-state index contributed by atoms with van der Waals surface area (Å²) in [6, 6.07) is 3.80. The highest BCUT2D eigenvalue weighted by Crippen LogP contribution is 2.24. The van der Waals surface area contributed by atoms with Crippen molar-refractivity contribution in [3.8, 4) is 0 Å². The van der Waals surface area contributed by atoms with Gasteiger partial charge in [-0.15, -0.1) is 0 Å². The summed E-state index contributed by atoms with van der Waals surface area (Å²) in [6.07, 6.45) is 4.50. The van der Waals surface area contributed by atoms with Crippen molar-refractivity contribution >= 4 is 22.5 Å². The van der Waals surface area contributed by atoms with E-state index in [0.717, 1.165) is 30.5 Å². The van der Waals surface area contributed by atoms with Gasteiger partial charge >= 0.3 is 0 Å². The van der Waals surface area contributed by atoms with Crippen molar-refractivity contribution in [1.29, 1.82) is 0 Å². The fourth-order valence-corrected chi connectivity index (χ4v) is 4.04. The zero-order valence-corrected chi connectivity index (χ0v) is 15.4. The lowest BCUT2D eigenvalue weighted by atomic mass is 9.86. The van der Waals surface area contributed by atoms with Crippen LogP contribution in [0.1, 0.15) is 44.2 Å². The number of fused-ring (bicyclic) bond motifs is 3. The highest BCUT2D eigenvalue weighted by molar-refractivity contribution is 5.83. The lowest BCUT2D eigenvalue weighted by Crippen LogP contribution is -2.44. The maximum Gasteiger partial charge on any atom is 0.291 e. The van der Waals surface area contributed by atoms with E-state index in [0.29, 0.717) is 22.8 Å². The first-order valence-electron chi connectivity index (χ1n) is 9.22. The third kappa shape index (κ3) is 2.81. The summed E-state index contributed by atoms with van der Waals surface area (Å²) in [7, 11) is 0. The van der Waals surface area contributed by atoms with E-state index < -0.39 is 0 Å². The van der Waals surface area contributed by atoms with Gasteiger partial charge in [-0.3, -0.25) is 14.0 Å². The Morgan fingerprint density at radius 1 is 1.27 bits per heavy atom. The monoisotopic (exact) mass is 356 g/mol. The number of nitrogens with one attached hydrogen (secondary N) is 1. The maximum absolute atomic E-state index is 12.8. The van der Waals surface area contributed by atoms with E-state index >= 15 is 0 Å². The minimum atomic E-state index is -0.286. The molecule has 1 amide bonds. The van der Waals surface area contributed by atoms with Gasteiger partial charge < -0.3 is 9.73 Å². The highest BCUT2D eigenvalue weighted by Gasteiger charge is 2.23. The second kappa shape index (κ2) is 6.30. The molecule has 0 radical (unpaired) electrons. The molecule has 3 heterocycles. The van der Waals surface area contributed by atoms with E-state index in [1.54, 1.807) is 10.5 Å². The van der Waals surface area contributed by atoms with Crippen LogP contribution < -0.4 is 10.9 Å². The van der Waals surface area contributed by atoms with Crippen LogP contribution in [0, 0.1) is 19.8 Å². The van der Waals surface area contributed by atoms with Crippen molar-refractivity contribution in [2.45, 2.75) is 59.0 Å². The summed E-state index contributed by atoms with van der Waals surface area (Å²) in [5.41, 5.74) is 1.67. The average molecular weight is 356 g/mol. The molecule has 7 heteroatoms. The van der Waals surface area contributed by atoms with Crippen molar-refractivity contribution < 1.29 is 9.21 Å². The number of nitrogens with zero attached hydrogens (tertiary/aromatic N) is 3. The van der Waals surface area contributed by atoms with Gasteiger partial charge in [0, 0.05) is 18.2 Å². The van der Waals surface area contributed by atoms with Crippen molar-refractivity contribution in [2.75, 3.05) is 0 Å². The highest BCUT2D eigenvalue weighted by atomic mass is 16.3. The molecule has 4 rings (SSSR count). The Bertz CT molecular complexity index is 1040. The molecular weight excluding hydrogens is 332 g/mol. The number of carbonyl (C=O) groups is 1. The fraction of sp³-hybridized carbons (Fsp3) is 0.526. The molecule has 0 aliphatic heterocycles. The molecule has 1 N–H and O–H groups in total. The van der Waals surface area contributed by atoms with Crippen molar-refractivity contribution in [3.05, 3.63) is 34.1 Å². The van der Waals surface area contributed by atoms with Gasteiger partial charge in [-0.1, -0.05) is 19.8 Å². The van der Waals surface area contributed by atoms with Crippen molar-refractivity contribution in [1.82, 2.24) is 19.5 Å². The Balaban J connectivity index is 1.63. The standard InChI is InChI=1S/C19H24N4O3/c1-11-6-4-5-7-14(11)20-18(24)10-22-19(25)16-9-17-15(8-12(2)26-17)23(16)13(3)21-22/h8-9,11,14H,4-7,10H2,1-3H3,(H,20,24)/t11-,14+/m1/s1. The Morgan fingerprint density at radius 3 is 2.81 bits per heavy atom. The zero-order chi connectivity index (χ0) is 18.4. The molecule has 138 valence electrons. The van der Waals surface area contributed by atoms with Crippen LogP contribution >= 0.6 is 0 Å². The van der Waals surface area contributed by atoms with E-state index in [1.807, 2.05) is 19.9 Å². The molecule has 3 aromatic heterocycles. The third-order valence-corrected chi connectivity index (χ3v) is 5.41. The predicted molar refractivity (Wildman–Crippen MR) is 98.3 cm³/mol. The van der Waals surface area contributed by atoms with E-state index in [9.17, 15) is 9.59 Å². The lowest BCUT2D eigenvalue weighted by Gasteiger charge is -2.29. The predicted octanol–water partition coefficient (Wildman–Crippen LogP) is 2.55. The SMILES string of the molecule is Cc1cc2c(cc3c(=O)n(CC(=O)N[C@H]4CCCC[C@H]4C)nc(C)n32)o1. The minimum Gasteiger partial charge on any atom is -0.460 e. The maximum atomic E-state index is 12.8. The second-order valence-corrected chi connectivity index (χ2v) is 7.42. The molecule has 1 aliphatic carbocycles. The smallest absolute Gasteiger partial charge is 0.291 e. The van der Waals surface area contributed by atoms with Gasteiger partial charge in [0.25, 0.3) is 5.56 Å². The largest absolute Gasteiger partial charge is 0.460 e. The van der Waals surface area contributed by atoms with E-state index in [-0.39, 0.29) is 24.1 Å². The number of furan rings is 1. The zero-order valence-electron chi connectivity index (χ0n) is 15.4. The first-order chi connectivity index (χ1) is 12.4. The number of hydrogen-bond acceptors (Lipinski definition) is 4. The molecule has 26 heavy (non-hydrogen) atoms. The molecule has 1 aliphatic rings. The summed E-state index contributed by atoms with van der Waals surface area (Å²) < 4.78 is 8.65. The molecule has 0 saturated heterocycles. The van der Waals surface area contributed by atoms with E-state index in [1.165, 1.54) is 11.1 Å². The van der Waals surface area contributed by atoms with Gasteiger partial charge in [-0.25, -0.2) is 4.68 Å². The van der Waals surface area contributed by atoms with Gasteiger partial charge in [0.05, 0.1) is 5.52 Å². The molecule has 0 bridgehead atoms. The summed E-state index contributed by atoms with van der Waals surface area (Å²) in [5, 5.41) is 7.43. The average Bonchev–Trinajstić information content (AvgIpc) is 3.10. The van der Waals surface area contributed by atoms with Crippen LogP contribution in [-0.4, -0.2) is 26.1 Å². The van der Waals surface area contributed by atoms with Crippen LogP contribution in [0.2, 0.25) is 0 Å². The van der Waals surface area contributed by atoms with Crippen molar-refractivity contribution in [3.63, 3.8) is 0 Å².